The molecule has 0 aliphatic rings. The molecule has 0 atom stereocenters. The van der Waals surface area contributed by atoms with E-state index in [0.29, 0.717) is 17.0 Å². The summed E-state index contributed by atoms with van der Waals surface area (Å²) < 4.78 is 12.0. The van der Waals surface area contributed by atoms with Gasteiger partial charge in [-0.15, -0.1) is 0 Å². The number of carbonyl (C=O) groups is 2. The second kappa shape index (κ2) is 9.39. The van der Waals surface area contributed by atoms with Gasteiger partial charge in [0.2, 0.25) is 0 Å². The minimum Gasteiger partial charge on any atom is -0.462 e. The van der Waals surface area contributed by atoms with Gasteiger partial charge in [0.1, 0.15) is 19.3 Å². The standard InChI is InChI=1S/C23H24N4O4/c1-14(2)22(28)30-9-10-31-23(29)17-7-8-25-19(12-17)16-5-6-21-18(11-16)20(13-24)26-27(21)15(3)4/h5-8,11-12,14-15H,9-10H2,1-4H3. The van der Waals surface area contributed by atoms with E-state index in [1.807, 2.05) is 36.7 Å². The first kappa shape index (κ1) is 22.0. The number of aromatic nitrogens is 3. The van der Waals surface area contributed by atoms with Crippen molar-refractivity contribution in [2.45, 2.75) is 33.7 Å². The highest BCUT2D eigenvalue weighted by atomic mass is 16.6. The van der Waals surface area contributed by atoms with Crippen LogP contribution in [-0.2, 0) is 14.3 Å². The monoisotopic (exact) mass is 420 g/mol. The van der Waals surface area contributed by atoms with Gasteiger partial charge in [-0.05, 0) is 38.1 Å². The van der Waals surface area contributed by atoms with Crippen molar-refractivity contribution >= 4 is 22.8 Å². The van der Waals surface area contributed by atoms with Gasteiger partial charge in [-0.25, -0.2) is 4.79 Å². The number of hydrogen-bond acceptors (Lipinski definition) is 7. The number of esters is 2. The Kier molecular flexibility index (Phi) is 6.65. The van der Waals surface area contributed by atoms with Crippen LogP contribution in [0.4, 0.5) is 0 Å². The maximum absolute atomic E-state index is 12.4. The first-order chi connectivity index (χ1) is 14.8. The van der Waals surface area contributed by atoms with Crippen LogP contribution in [0.15, 0.2) is 36.5 Å². The van der Waals surface area contributed by atoms with E-state index in [2.05, 4.69) is 16.2 Å². The number of carbonyl (C=O) groups excluding carboxylic acids is 2. The zero-order chi connectivity index (χ0) is 22.5. The molecule has 0 saturated carbocycles. The van der Waals surface area contributed by atoms with Crippen molar-refractivity contribution in [3.05, 3.63) is 47.8 Å². The summed E-state index contributed by atoms with van der Waals surface area (Å²) in [6.45, 7) is 7.45. The van der Waals surface area contributed by atoms with Gasteiger partial charge in [-0.1, -0.05) is 19.9 Å². The molecule has 0 aliphatic carbocycles. The molecule has 3 aromatic rings. The molecule has 8 nitrogen and oxygen atoms in total. The summed E-state index contributed by atoms with van der Waals surface area (Å²) in [5, 5.41) is 14.6. The fourth-order valence-electron chi connectivity index (χ4n) is 3.02. The van der Waals surface area contributed by atoms with E-state index >= 15 is 0 Å². The summed E-state index contributed by atoms with van der Waals surface area (Å²) in [6, 6.07) is 11.1. The second-order valence-corrected chi connectivity index (χ2v) is 7.62. The second-order valence-electron chi connectivity index (χ2n) is 7.62. The molecular weight excluding hydrogens is 396 g/mol. The average Bonchev–Trinajstić information content (AvgIpc) is 3.14. The summed E-state index contributed by atoms with van der Waals surface area (Å²) >= 11 is 0. The van der Waals surface area contributed by atoms with E-state index in [4.69, 9.17) is 9.47 Å². The van der Waals surface area contributed by atoms with Gasteiger partial charge in [-0.2, -0.15) is 10.4 Å². The Bertz CT molecular complexity index is 1160. The molecule has 0 bridgehead atoms. The predicted octanol–water partition coefficient (Wildman–Crippen LogP) is 3.91. The summed E-state index contributed by atoms with van der Waals surface area (Å²) in [6.07, 6.45) is 1.53. The highest BCUT2D eigenvalue weighted by Crippen LogP contribution is 2.27. The Labute approximate surface area is 180 Å². The van der Waals surface area contributed by atoms with Crippen LogP contribution in [0.1, 0.15) is 49.8 Å². The Hall–Kier alpha value is -3.73. The molecule has 31 heavy (non-hydrogen) atoms. The summed E-state index contributed by atoms with van der Waals surface area (Å²) in [4.78, 5) is 28.1. The molecule has 0 amide bonds. The van der Waals surface area contributed by atoms with Gasteiger partial charge in [0.05, 0.1) is 22.7 Å². The maximum Gasteiger partial charge on any atom is 0.338 e. The van der Waals surface area contributed by atoms with Gasteiger partial charge in [0.15, 0.2) is 5.69 Å². The SMILES string of the molecule is CC(C)C(=O)OCCOC(=O)c1ccnc(-c2ccc3c(c2)c(C#N)nn3C(C)C)c1. The number of hydrogen-bond donors (Lipinski definition) is 0. The molecule has 0 aliphatic heterocycles. The van der Waals surface area contributed by atoms with E-state index in [0.717, 1.165) is 16.5 Å². The molecule has 160 valence electrons. The van der Waals surface area contributed by atoms with E-state index in [1.165, 1.54) is 6.20 Å². The van der Waals surface area contributed by atoms with Crippen molar-refractivity contribution in [3.8, 4) is 17.3 Å². The average molecular weight is 420 g/mol. The summed E-state index contributed by atoms with van der Waals surface area (Å²) in [7, 11) is 0. The Morgan fingerprint density at radius 3 is 2.52 bits per heavy atom. The highest BCUT2D eigenvalue weighted by Gasteiger charge is 2.15. The lowest BCUT2D eigenvalue weighted by Crippen LogP contribution is -2.17. The van der Waals surface area contributed by atoms with E-state index in [-0.39, 0.29) is 31.1 Å². The normalized spacial score (nSPS) is 11.0. The van der Waals surface area contributed by atoms with Crippen molar-refractivity contribution in [1.82, 2.24) is 14.8 Å². The summed E-state index contributed by atoms with van der Waals surface area (Å²) in [5.41, 5.74) is 2.87. The Morgan fingerprint density at radius 1 is 1.10 bits per heavy atom. The lowest BCUT2D eigenvalue weighted by Gasteiger charge is -2.09. The van der Waals surface area contributed by atoms with Crippen LogP contribution >= 0.6 is 0 Å². The van der Waals surface area contributed by atoms with Crippen molar-refractivity contribution in [2.75, 3.05) is 13.2 Å². The molecule has 3 rings (SSSR count). The zero-order valence-electron chi connectivity index (χ0n) is 18.0. The van der Waals surface area contributed by atoms with E-state index < -0.39 is 5.97 Å². The smallest absolute Gasteiger partial charge is 0.338 e. The molecule has 2 heterocycles. The lowest BCUT2D eigenvalue weighted by atomic mass is 10.1. The van der Waals surface area contributed by atoms with Gasteiger partial charge in [0, 0.05) is 23.2 Å². The number of ether oxygens (including phenoxy) is 2. The van der Waals surface area contributed by atoms with Gasteiger partial charge in [-0.3, -0.25) is 14.5 Å². The van der Waals surface area contributed by atoms with Crippen LogP contribution in [0.2, 0.25) is 0 Å². The first-order valence-corrected chi connectivity index (χ1v) is 10.0. The molecule has 0 N–H and O–H groups in total. The third-order valence-corrected chi connectivity index (χ3v) is 4.62. The molecule has 0 saturated heterocycles. The quantitative estimate of drug-likeness (QED) is 0.421. The highest BCUT2D eigenvalue weighted by molar-refractivity contribution is 5.92. The van der Waals surface area contributed by atoms with Crippen molar-refractivity contribution < 1.29 is 19.1 Å². The fourth-order valence-corrected chi connectivity index (χ4v) is 3.02. The molecule has 0 spiro atoms. The van der Waals surface area contributed by atoms with Crippen LogP contribution in [0, 0.1) is 17.2 Å². The number of fused-ring (bicyclic) bond motifs is 1. The number of pyridine rings is 1. The topological polar surface area (TPSA) is 107 Å². The third-order valence-electron chi connectivity index (χ3n) is 4.62. The van der Waals surface area contributed by atoms with Crippen LogP contribution < -0.4 is 0 Å². The molecular formula is C23H24N4O4. The first-order valence-electron chi connectivity index (χ1n) is 10.0. The molecule has 0 radical (unpaired) electrons. The number of benzene rings is 1. The fraction of sp³-hybridized carbons (Fsp3) is 0.348. The Morgan fingerprint density at radius 2 is 1.84 bits per heavy atom. The van der Waals surface area contributed by atoms with Gasteiger partial charge < -0.3 is 9.47 Å². The zero-order valence-corrected chi connectivity index (χ0v) is 18.0. The van der Waals surface area contributed by atoms with E-state index in [1.54, 1.807) is 26.0 Å². The maximum atomic E-state index is 12.4. The molecule has 1 aromatic carbocycles. The van der Waals surface area contributed by atoms with Crippen LogP contribution in [-0.4, -0.2) is 39.9 Å². The summed E-state index contributed by atoms with van der Waals surface area (Å²) in [5.74, 6) is -1.10. The van der Waals surface area contributed by atoms with Crippen molar-refractivity contribution in [1.29, 1.82) is 5.26 Å². The van der Waals surface area contributed by atoms with Crippen molar-refractivity contribution in [2.24, 2.45) is 5.92 Å². The van der Waals surface area contributed by atoms with E-state index in [9.17, 15) is 14.9 Å². The van der Waals surface area contributed by atoms with Gasteiger partial charge >= 0.3 is 11.9 Å². The minimum atomic E-state index is -0.532. The predicted molar refractivity (Wildman–Crippen MR) is 114 cm³/mol. The minimum absolute atomic E-state index is 0.00807. The number of nitriles is 1. The molecule has 0 unspecified atom stereocenters. The van der Waals surface area contributed by atoms with Crippen molar-refractivity contribution in [3.63, 3.8) is 0 Å². The van der Waals surface area contributed by atoms with Gasteiger partial charge in [0.25, 0.3) is 0 Å². The third kappa shape index (κ3) is 4.89. The number of nitrogens with zero attached hydrogens (tertiary/aromatic N) is 4. The van der Waals surface area contributed by atoms with Crippen LogP contribution in [0.5, 0.6) is 0 Å². The van der Waals surface area contributed by atoms with Crippen LogP contribution in [0.25, 0.3) is 22.2 Å². The number of rotatable bonds is 7. The lowest BCUT2D eigenvalue weighted by molar-refractivity contribution is -0.148. The Balaban J connectivity index is 1.78. The largest absolute Gasteiger partial charge is 0.462 e. The van der Waals surface area contributed by atoms with Crippen LogP contribution in [0.3, 0.4) is 0 Å². The molecule has 8 heteroatoms. The molecule has 2 aromatic heterocycles. The molecule has 0 fully saturated rings.